The van der Waals surface area contributed by atoms with Gasteiger partial charge in [0.05, 0.1) is 16.6 Å². The largest absolute Gasteiger partial charge is 0.416 e. The third-order valence-corrected chi connectivity index (χ3v) is 4.07. The lowest BCUT2D eigenvalue weighted by molar-refractivity contribution is -0.143. The van der Waals surface area contributed by atoms with Crippen molar-refractivity contribution in [1.82, 2.24) is 4.57 Å². The second-order valence-corrected chi connectivity index (χ2v) is 6.17. The molecule has 152 valence electrons. The normalized spacial score (nSPS) is 12.2. The maximum Gasteiger partial charge on any atom is 0.416 e. The number of hydrogen-bond donors (Lipinski definition) is 1. The molecule has 2 aromatic carbocycles. The second-order valence-electron chi connectivity index (χ2n) is 6.17. The van der Waals surface area contributed by atoms with Crippen LogP contribution in [0.1, 0.15) is 11.1 Å². The van der Waals surface area contributed by atoms with Crippen molar-refractivity contribution in [2.45, 2.75) is 18.9 Å². The Bertz CT molecular complexity index is 1100. The number of nitrogens with zero attached hydrogens (tertiary/aromatic N) is 1. The molecule has 29 heavy (non-hydrogen) atoms. The van der Waals surface area contributed by atoms with Gasteiger partial charge in [-0.05, 0) is 30.3 Å². The Labute approximate surface area is 159 Å². The number of benzene rings is 2. The smallest absolute Gasteiger partial charge is 0.338 e. The van der Waals surface area contributed by atoms with Crippen molar-refractivity contribution in [2.24, 2.45) is 0 Å². The summed E-state index contributed by atoms with van der Waals surface area (Å²) in [5.41, 5.74) is -3.59. The molecule has 0 atom stereocenters. The van der Waals surface area contributed by atoms with Crippen LogP contribution in [0.3, 0.4) is 0 Å². The molecule has 3 rings (SSSR count). The molecule has 0 aliphatic carbocycles. The maximum atomic E-state index is 12.9. The van der Waals surface area contributed by atoms with E-state index in [4.69, 9.17) is 0 Å². The van der Waals surface area contributed by atoms with Crippen LogP contribution in [0.2, 0.25) is 0 Å². The first-order chi connectivity index (χ1) is 13.4. The molecule has 1 N–H and O–H groups in total. The zero-order valence-corrected chi connectivity index (χ0v) is 14.4. The van der Waals surface area contributed by atoms with E-state index in [2.05, 4.69) is 5.32 Å². The summed E-state index contributed by atoms with van der Waals surface area (Å²) in [6.07, 6.45) is -8.72. The van der Waals surface area contributed by atoms with Gasteiger partial charge in [-0.25, -0.2) is 0 Å². The van der Waals surface area contributed by atoms with Gasteiger partial charge in [0.1, 0.15) is 6.54 Å². The molecule has 0 saturated heterocycles. The van der Waals surface area contributed by atoms with Gasteiger partial charge >= 0.3 is 12.4 Å². The molecular formula is C19H12F6N2O2. The molecule has 1 amide bonds. The van der Waals surface area contributed by atoms with Crippen LogP contribution in [0.25, 0.3) is 10.9 Å². The quantitative estimate of drug-likeness (QED) is 0.633. The lowest BCUT2D eigenvalue weighted by atomic mass is 10.1. The second kappa shape index (κ2) is 7.26. The van der Waals surface area contributed by atoms with Gasteiger partial charge in [-0.1, -0.05) is 12.1 Å². The van der Waals surface area contributed by atoms with Crippen molar-refractivity contribution in [3.63, 3.8) is 0 Å². The monoisotopic (exact) mass is 414 g/mol. The summed E-state index contributed by atoms with van der Waals surface area (Å²) in [6.45, 7) is -0.418. The highest BCUT2D eigenvalue weighted by molar-refractivity contribution is 5.92. The van der Waals surface area contributed by atoms with Crippen LogP contribution in [-0.2, 0) is 23.7 Å². The van der Waals surface area contributed by atoms with Crippen LogP contribution >= 0.6 is 0 Å². The summed E-state index contributed by atoms with van der Waals surface area (Å²) in [6, 6.07) is 8.39. The fourth-order valence-electron chi connectivity index (χ4n) is 2.78. The summed E-state index contributed by atoms with van der Waals surface area (Å²) in [7, 11) is 0. The van der Waals surface area contributed by atoms with Gasteiger partial charge in [0, 0.05) is 23.3 Å². The van der Waals surface area contributed by atoms with Crippen molar-refractivity contribution in [1.29, 1.82) is 0 Å². The van der Waals surface area contributed by atoms with Crippen LogP contribution in [0.15, 0.2) is 59.5 Å². The molecule has 0 fully saturated rings. The minimum atomic E-state index is -5.02. The summed E-state index contributed by atoms with van der Waals surface area (Å²) in [5.74, 6) is -0.855. The van der Waals surface area contributed by atoms with Crippen molar-refractivity contribution in [2.75, 3.05) is 5.32 Å². The predicted molar refractivity (Wildman–Crippen MR) is 93.3 cm³/mol. The van der Waals surface area contributed by atoms with Crippen molar-refractivity contribution in [3.8, 4) is 0 Å². The highest BCUT2D eigenvalue weighted by Gasteiger charge is 2.37. The van der Waals surface area contributed by atoms with E-state index < -0.39 is 41.6 Å². The number of pyridine rings is 1. The van der Waals surface area contributed by atoms with Gasteiger partial charge in [-0.2, -0.15) is 26.3 Å². The van der Waals surface area contributed by atoms with Crippen molar-refractivity contribution in [3.05, 3.63) is 76.1 Å². The zero-order valence-electron chi connectivity index (χ0n) is 14.4. The van der Waals surface area contributed by atoms with Gasteiger partial charge < -0.3 is 9.88 Å². The fraction of sp³-hybridized carbons (Fsp3) is 0.158. The Balaban J connectivity index is 1.92. The average molecular weight is 414 g/mol. The molecule has 0 aliphatic rings. The van der Waals surface area contributed by atoms with Crippen LogP contribution < -0.4 is 10.7 Å². The van der Waals surface area contributed by atoms with Gasteiger partial charge in [0.15, 0.2) is 5.43 Å². The molecule has 10 heteroatoms. The zero-order chi connectivity index (χ0) is 21.4. The lowest BCUT2D eigenvalue weighted by Crippen LogP contribution is -2.21. The number of halogens is 6. The summed E-state index contributed by atoms with van der Waals surface area (Å²) in [4.78, 5) is 24.1. The third kappa shape index (κ3) is 4.58. The first-order valence-electron chi connectivity index (χ1n) is 8.13. The van der Waals surface area contributed by atoms with E-state index in [9.17, 15) is 35.9 Å². The highest BCUT2D eigenvalue weighted by atomic mass is 19.4. The molecule has 4 nitrogen and oxygen atoms in total. The van der Waals surface area contributed by atoms with E-state index in [1.165, 1.54) is 22.9 Å². The number of hydrogen-bond acceptors (Lipinski definition) is 2. The van der Waals surface area contributed by atoms with Crippen LogP contribution in [-0.4, -0.2) is 10.5 Å². The Kier molecular flexibility index (Phi) is 5.12. The van der Waals surface area contributed by atoms with Crippen molar-refractivity contribution >= 4 is 22.5 Å². The van der Waals surface area contributed by atoms with Gasteiger partial charge in [0.25, 0.3) is 0 Å². The molecule has 1 aromatic heterocycles. The van der Waals surface area contributed by atoms with Crippen LogP contribution in [0.5, 0.6) is 0 Å². The van der Waals surface area contributed by atoms with E-state index in [-0.39, 0.29) is 11.5 Å². The minimum absolute atomic E-state index is 0.0229. The number of alkyl halides is 6. The molecule has 0 radical (unpaired) electrons. The van der Waals surface area contributed by atoms with E-state index >= 15 is 0 Å². The Morgan fingerprint density at radius 3 is 2.07 bits per heavy atom. The number of nitrogens with one attached hydrogen (secondary N) is 1. The number of anilines is 1. The molecule has 0 bridgehead atoms. The molecule has 0 unspecified atom stereocenters. The summed E-state index contributed by atoms with van der Waals surface area (Å²) < 4.78 is 78.9. The molecular weight excluding hydrogens is 402 g/mol. The predicted octanol–water partition coefficient (Wildman–Crippen LogP) is 4.68. The third-order valence-electron chi connectivity index (χ3n) is 4.07. The van der Waals surface area contributed by atoms with Gasteiger partial charge in [-0.3, -0.25) is 9.59 Å². The van der Waals surface area contributed by atoms with E-state index in [1.54, 1.807) is 18.2 Å². The number of fused-ring (bicyclic) bond motifs is 1. The number of rotatable bonds is 3. The number of amides is 1. The topological polar surface area (TPSA) is 51.1 Å². The van der Waals surface area contributed by atoms with E-state index in [0.29, 0.717) is 23.0 Å². The van der Waals surface area contributed by atoms with Gasteiger partial charge in [0.2, 0.25) is 5.91 Å². The van der Waals surface area contributed by atoms with Crippen LogP contribution in [0.4, 0.5) is 32.0 Å². The first-order valence-corrected chi connectivity index (χ1v) is 8.13. The molecule has 1 heterocycles. The Hall–Kier alpha value is -3.30. The molecule has 0 spiro atoms. The molecule has 0 saturated carbocycles. The first kappa shape index (κ1) is 20.4. The molecule has 3 aromatic rings. The number of aromatic nitrogens is 1. The highest BCUT2D eigenvalue weighted by Crippen LogP contribution is 2.37. The SMILES string of the molecule is O=C(Cn1ccc(=O)c2ccccc21)Nc1cc(C(F)(F)F)cc(C(F)(F)F)c1. The average Bonchev–Trinajstić information content (AvgIpc) is 2.62. The number of para-hydroxylation sites is 1. The molecule has 0 aliphatic heterocycles. The Morgan fingerprint density at radius 1 is 0.897 bits per heavy atom. The summed E-state index contributed by atoms with van der Waals surface area (Å²) >= 11 is 0. The summed E-state index contributed by atoms with van der Waals surface area (Å²) in [5, 5.41) is 2.38. The van der Waals surface area contributed by atoms with E-state index in [0.717, 1.165) is 0 Å². The van der Waals surface area contributed by atoms with E-state index in [1.807, 2.05) is 0 Å². The van der Waals surface area contributed by atoms with Crippen molar-refractivity contribution < 1.29 is 31.1 Å². The maximum absolute atomic E-state index is 12.9. The van der Waals surface area contributed by atoms with Gasteiger partial charge in [-0.15, -0.1) is 0 Å². The minimum Gasteiger partial charge on any atom is -0.338 e. The standard InChI is InChI=1S/C19H12F6N2O2/c20-18(21,22)11-7-12(19(23,24)25)9-13(8-11)26-17(29)10-27-6-5-16(28)14-3-1-2-4-15(14)27/h1-9H,10H2,(H,26,29). The number of carbonyl (C=O) groups is 1. The van der Waals surface area contributed by atoms with Crippen LogP contribution in [0, 0.1) is 0 Å². The fourth-order valence-corrected chi connectivity index (χ4v) is 2.78. The Morgan fingerprint density at radius 2 is 1.48 bits per heavy atom. The lowest BCUT2D eigenvalue weighted by Gasteiger charge is -2.15. The number of carbonyl (C=O) groups excluding carboxylic acids is 1.